The molecule has 1 aliphatic heterocycles. The highest BCUT2D eigenvalue weighted by Gasteiger charge is 2.25. The van der Waals surface area contributed by atoms with Crippen molar-refractivity contribution in [3.63, 3.8) is 0 Å². The van der Waals surface area contributed by atoms with Gasteiger partial charge in [0.05, 0.1) is 25.0 Å². The van der Waals surface area contributed by atoms with E-state index < -0.39 is 0 Å². The molecular formula is C23H24FN3O3S. The summed E-state index contributed by atoms with van der Waals surface area (Å²) in [6, 6.07) is 13.3. The summed E-state index contributed by atoms with van der Waals surface area (Å²) in [7, 11) is 1.59. The van der Waals surface area contributed by atoms with Crippen molar-refractivity contribution < 1.29 is 18.7 Å². The van der Waals surface area contributed by atoms with Gasteiger partial charge in [-0.25, -0.2) is 4.39 Å². The van der Waals surface area contributed by atoms with Gasteiger partial charge < -0.3 is 9.47 Å². The van der Waals surface area contributed by atoms with Crippen molar-refractivity contribution in [2.45, 2.75) is 42.8 Å². The SMILES string of the molecule is COc1ccc(C(=O)[C@H](C)Sc2nnc(-c3ccc(F)cc3)n2C[C@H]2CCCO2)cc1. The third kappa shape index (κ3) is 4.97. The Hall–Kier alpha value is -2.71. The van der Waals surface area contributed by atoms with Crippen LogP contribution in [0.15, 0.2) is 53.7 Å². The molecule has 3 aromatic rings. The second-order valence-electron chi connectivity index (χ2n) is 7.41. The molecule has 4 rings (SSSR count). The predicted octanol–water partition coefficient (Wildman–Crippen LogP) is 4.64. The molecular weight excluding hydrogens is 417 g/mol. The molecule has 2 atom stereocenters. The van der Waals surface area contributed by atoms with Crippen LogP contribution in [0.1, 0.15) is 30.1 Å². The molecule has 0 saturated carbocycles. The zero-order chi connectivity index (χ0) is 21.8. The number of nitrogens with zero attached hydrogens (tertiary/aromatic N) is 3. The molecule has 0 unspecified atom stereocenters. The maximum Gasteiger partial charge on any atom is 0.192 e. The summed E-state index contributed by atoms with van der Waals surface area (Å²) in [4.78, 5) is 12.9. The fraction of sp³-hybridized carbons (Fsp3) is 0.348. The highest BCUT2D eigenvalue weighted by atomic mass is 32.2. The van der Waals surface area contributed by atoms with E-state index in [4.69, 9.17) is 9.47 Å². The number of rotatable bonds is 8. The molecule has 8 heteroatoms. The second-order valence-corrected chi connectivity index (χ2v) is 8.72. The lowest BCUT2D eigenvalue weighted by atomic mass is 10.1. The number of Topliss-reactive ketones (excluding diaryl/α,β-unsaturated/α-hetero) is 1. The summed E-state index contributed by atoms with van der Waals surface area (Å²) in [5.74, 6) is 1.05. The van der Waals surface area contributed by atoms with Crippen molar-refractivity contribution in [1.82, 2.24) is 14.8 Å². The number of hydrogen-bond donors (Lipinski definition) is 0. The van der Waals surface area contributed by atoms with Crippen molar-refractivity contribution in [1.29, 1.82) is 0 Å². The van der Waals surface area contributed by atoms with E-state index in [9.17, 15) is 9.18 Å². The Bertz CT molecular complexity index is 1030. The first kappa shape index (κ1) is 21.5. The number of methoxy groups -OCH3 is 1. The van der Waals surface area contributed by atoms with Gasteiger partial charge in [-0.3, -0.25) is 9.36 Å². The molecule has 6 nitrogen and oxygen atoms in total. The first-order valence-corrected chi connectivity index (χ1v) is 11.1. The van der Waals surface area contributed by atoms with Gasteiger partial charge in [-0.2, -0.15) is 0 Å². The van der Waals surface area contributed by atoms with Crippen molar-refractivity contribution in [3.8, 4) is 17.1 Å². The lowest BCUT2D eigenvalue weighted by molar-refractivity contribution is 0.0953. The highest BCUT2D eigenvalue weighted by molar-refractivity contribution is 8.00. The number of ether oxygens (including phenoxy) is 2. The van der Waals surface area contributed by atoms with E-state index in [2.05, 4.69) is 10.2 Å². The van der Waals surface area contributed by atoms with Crippen LogP contribution in [0.25, 0.3) is 11.4 Å². The lowest BCUT2D eigenvalue weighted by Gasteiger charge is -2.16. The van der Waals surface area contributed by atoms with Gasteiger partial charge in [-0.1, -0.05) is 11.8 Å². The van der Waals surface area contributed by atoms with E-state index in [0.29, 0.717) is 28.8 Å². The number of carbonyl (C=O) groups excluding carboxylic acids is 1. The topological polar surface area (TPSA) is 66.2 Å². The molecule has 2 aromatic carbocycles. The summed E-state index contributed by atoms with van der Waals surface area (Å²) in [6.45, 7) is 3.19. The zero-order valence-corrected chi connectivity index (χ0v) is 18.3. The van der Waals surface area contributed by atoms with Crippen molar-refractivity contribution in [2.24, 2.45) is 0 Å². The highest BCUT2D eigenvalue weighted by Crippen LogP contribution is 2.30. The van der Waals surface area contributed by atoms with Gasteiger partial charge in [0.15, 0.2) is 16.8 Å². The summed E-state index contributed by atoms with van der Waals surface area (Å²) in [6.07, 6.45) is 2.06. The molecule has 0 bridgehead atoms. The fourth-order valence-corrected chi connectivity index (χ4v) is 4.48. The number of benzene rings is 2. The Labute approximate surface area is 184 Å². The third-order valence-electron chi connectivity index (χ3n) is 5.26. The van der Waals surface area contributed by atoms with Gasteiger partial charge in [0, 0.05) is 17.7 Å². The van der Waals surface area contributed by atoms with Gasteiger partial charge in [-0.15, -0.1) is 10.2 Å². The smallest absolute Gasteiger partial charge is 0.192 e. The molecule has 1 aromatic heterocycles. The van der Waals surface area contributed by atoms with E-state index in [0.717, 1.165) is 25.0 Å². The van der Waals surface area contributed by atoms with Gasteiger partial charge in [0.2, 0.25) is 0 Å². The van der Waals surface area contributed by atoms with E-state index in [1.807, 2.05) is 11.5 Å². The minimum absolute atomic E-state index is 0.00246. The number of carbonyl (C=O) groups is 1. The molecule has 0 radical (unpaired) electrons. The van der Waals surface area contributed by atoms with Gasteiger partial charge >= 0.3 is 0 Å². The average molecular weight is 442 g/mol. The Morgan fingerprint density at radius 3 is 2.61 bits per heavy atom. The van der Waals surface area contributed by atoms with Crippen LogP contribution < -0.4 is 4.74 Å². The minimum atomic E-state index is -0.359. The van der Waals surface area contributed by atoms with Crippen LogP contribution >= 0.6 is 11.8 Å². The molecule has 1 saturated heterocycles. The Balaban J connectivity index is 1.58. The lowest BCUT2D eigenvalue weighted by Crippen LogP contribution is -2.19. The minimum Gasteiger partial charge on any atom is -0.497 e. The van der Waals surface area contributed by atoms with Crippen LogP contribution in [0, 0.1) is 5.82 Å². The molecule has 31 heavy (non-hydrogen) atoms. The normalized spacial score (nSPS) is 16.9. The average Bonchev–Trinajstić information content (AvgIpc) is 3.45. The third-order valence-corrected chi connectivity index (χ3v) is 6.34. The molecule has 0 amide bonds. The fourth-order valence-electron chi connectivity index (χ4n) is 3.55. The molecule has 1 aliphatic rings. The van der Waals surface area contributed by atoms with Crippen LogP contribution in [0.2, 0.25) is 0 Å². The number of halogens is 1. The summed E-state index contributed by atoms with van der Waals surface area (Å²) in [5, 5.41) is 8.99. The molecule has 162 valence electrons. The van der Waals surface area contributed by atoms with E-state index >= 15 is 0 Å². The molecule has 2 heterocycles. The van der Waals surface area contributed by atoms with Crippen LogP contribution in [0.4, 0.5) is 4.39 Å². The van der Waals surface area contributed by atoms with E-state index in [1.165, 1.54) is 23.9 Å². The largest absolute Gasteiger partial charge is 0.497 e. The quantitative estimate of drug-likeness (QED) is 0.375. The number of hydrogen-bond acceptors (Lipinski definition) is 6. The molecule has 1 fully saturated rings. The summed E-state index contributed by atoms with van der Waals surface area (Å²) < 4.78 is 26.3. The number of ketones is 1. The number of thioether (sulfide) groups is 1. The maximum atomic E-state index is 13.4. The Morgan fingerprint density at radius 2 is 1.97 bits per heavy atom. The van der Waals surface area contributed by atoms with E-state index in [-0.39, 0.29) is 23.0 Å². The first-order chi connectivity index (χ1) is 15.0. The van der Waals surface area contributed by atoms with Gasteiger partial charge in [-0.05, 0) is 68.3 Å². The molecule has 0 aliphatic carbocycles. The maximum absolute atomic E-state index is 13.4. The van der Waals surface area contributed by atoms with Crippen LogP contribution in [-0.2, 0) is 11.3 Å². The van der Waals surface area contributed by atoms with Gasteiger partial charge in [0.1, 0.15) is 11.6 Å². The molecule has 0 spiro atoms. The van der Waals surface area contributed by atoms with Crippen molar-refractivity contribution >= 4 is 17.5 Å². The van der Waals surface area contributed by atoms with Crippen LogP contribution in [-0.4, -0.2) is 45.6 Å². The number of aromatic nitrogens is 3. The predicted molar refractivity (Wildman–Crippen MR) is 117 cm³/mol. The second kappa shape index (κ2) is 9.62. The standard InChI is InChI=1S/C23H24FN3O3S/c1-15(21(28)16-7-11-19(29-2)12-8-16)31-23-26-25-22(17-5-9-18(24)10-6-17)27(23)14-20-4-3-13-30-20/h5-12,15,20H,3-4,13-14H2,1-2H3/t15-,20+/m0/s1. The molecule has 0 N–H and O–H groups in total. The van der Waals surface area contributed by atoms with Crippen molar-refractivity contribution in [2.75, 3.05) is 13.7 Å². The first-order valence-electron chi connectivity index (χ1n) is 10.2. The Morgan fingerprint density at radius 1 is 1.23 bits per heavy atom. The van der Waals surface area contributed by atoms with Crippen LogP contribution in [0.3, 0.4) is 0 Å². The van der Waals surface area contributed by atoms with E-state index in [1.54, 1.807) is 43.5 Å². The van der Waals surface area contributed by atoms with Crippen molar-refractivity contribution in [3.05, 3.63) is 59.9 Å². The Kier molecular flexibility index (Phi) is 6.67. The summed E-state index contributed by atoms with van der Waals surface area (Å²) >= 11 is 1.36. The summed E-state index contributed by atoms with van der Waals surface area (Å²) in [5.41, 5.74) is 1.39. The van der Waals surface area contributed by atoms with Gasteiger partial charge in [0.25, 0.3) is 0 Å². The van der Waals surface area contributed by atoms with Crippen LogP contribution in [0.5, 0.6) is 5.75 Å². The monoisotopic (exact) mass is 441 g/mol. The zero-order valence-electron chi connectivity index (χ0n) is 17.5.